The van der Waals surface area contributed by atoms with Crippen molar-refractivity contribution in [2.45, 2.75) is 13.0 Å². The lowest BCUT2D eigenvalue weighted by atomic mass is 10.0. The second-order valence-electron chi connectivity index (χ2n) is 4.34. The first-order chi connectivity index (χ1) is 8.75. The molecule has 0 amide bonds. The Balaban J connectivity index is 2.13. The van der Waals surface area contributed by atoms with Crippen LogP contribution in [-0.2, 0) is 0 Å². The van der Waals surface area contributed by atoms with Crippen LogP contribution in [0.4, 0.5) is 0 Å². The molecule has 0 saturated heterocycles. The fraction of sp³-hybridized carbons (Fsp3) is 0.133. The maximum atomic E-state index is 10.2. The predicted octanol–water partition coefficient (Wildman–Crippen LogP) is 3.22. The van der Waals surface area contributed by atoms with E-state index in [-0.39, 0.29) is 0 Å². The van der Waals surface area contributed by atoms with E-state index in [2.05, 4.69) is 4.98 Å². The Hall–Kier alpha value is -2.13. The maximum absolute atomic E-state index is 10.2. The number of aryl methyl sites for hydroxylation is 1. The summed E-state index contributed by atoms with van der Waals surface area (Å²) in [5, 5.41) is 11.4. The smallest absolute Gasteiger partial charge is 0.124 e. The van der Waals surface area contributed by atoms with Gasteiger partial charge in [0.2, 0.25) is 0 Å². The minimum Gasteiger partial charge on any atom is -0.472 e. The van der Waals surface area contributed by atoms with Crippen molar-refractivity contribution in [1.82, 2.24) is 4.98 Å². The Kier molecular flexibility index (Phi) is 2.61. The van der Waals surface area contributed by atoms with E-state index in [0.717, 1.165) is 22.0 Å². The van der Waals surface area contributed by atoms with Gasteiger partial charge in [0.15, 0.2) is 0 Å². The van der Waals surface area contributed by atoms with Crippen LogP contribution in [0, 0.1) is 6.92 Å². The largest absolute Gasteiger partial charge is 0.472 e. The minimum atomic E-state index is -0.743. The van der Waals surface area contributed by atoms with Gasteiger partial charge in [-0.05, 0) is 30.7 Å². The van der Waals surface area contributed by atoms with Crippen molar-refractivity contribution in [3.8, 4) is 0 Å². The highest BCUT2D eigenvalue weighted by Crippen LogP contribution is 2.25. The number of nitrogens with zero attached hydrogens (tertiary/aromatic N) is 1. The molecule has 1 aromatic carbocycles. The van der Waals surface area contributed by atoms with E-state index in [4.69, 9.17) is 4.42 Å². The molecule has 0 spiro atoms. The summed E-state index contributed by atoms with van der Waals surface area (Å²) in [5.41, 5.74) is 3.37. The lowest BCUT2D eigenvalue weighted by molar-refractivity contribution is 0.214. The van der Waals surface area contributed by atoms with Gasteiger partial charge in [-0.1, -0.05) is 18.2 Å². The Labute approximate surface area is 105 Å². The van der Waals surface area contributed by atoms with Crippen molar-refractivity contribution < 1.29 is 9.52 Å². The number of benzene rings is 1. The number of para-hydroxylation sites is 1. The molecule has 1 atom stereocenters. The average Bonchev–Trinajstić information content (AvgIpc) is 2.91. The van der Waals surface area contributed by atoms with E-state index in [1.165, 1.54) is 6.26 Å². The molecule has 1 N–H and O–H groups in total. The Morgan fingerprint density at radius 3 is 2.83 bits per heavy atom. The normalized spacial score (nSPS) is 12.8. The number of furan rings is 1. The second kappa shape index (κ2) is 4.27. The predicted molar refractivity (Wildman–Crippen MR) is 69.2 cm³/mol. The quantitative estimate of drug-likeness (QED) is 0.746. The molecule has 0 saturated carbocycles. The van der Waals surface area contributed by atoms with Crippen molar-refractivity contribution in [1.29, 1.82) is 0 Å². The molecule has 2 aromatic heterocycles. The van der Waals surface area contributed by atoms with Crippen molar-refractivity contribution in [2.24, 2.45) is 0 Å². The highest BCUT2D eigenvalue weighted by atomic mass is 16.3. The zero-order valence-corrected chi connectivity index (χ0v) is 10.00. The zero-order valence-electron chi connectivity index (χ0n) is 10.00. The molecule has 0 fully saturated rings. The van der Waals surface area contributed by atoms with E-state index in [9.17, 15) is 5.11 Å². The van der Waals surface area contributed by atoms with Gasteiger partial charge in [0, 0.05) is 10.9 Å². The van der Waals surface area contributed by atoms with Gasteiger partial charge >= 0.3 is 0 Å². The monoisotopic (exact) mass is 239 g/mol. The molecule has 0 bridgehead atoms. The van der Waals surface area contributed by atoms with Crippen LogP contribution in [-0.4, -0.2) is 10.1 Å². The number of hydrogen-bond acceptors (Lipinski definition) is 3. The number of rotatable bonds is 2. The minimum absolute atomic E-state index is 0.646. The third-order valence-corrected chi connectivity index (χ3v) is 3.08. The van der Waals surface area contributed by atoms with Gasteiger partial charge in [-0.25, -0.2) is 4.98 Å². The van der Waals surface area contributed by atoms with E-state index >= 15 is 0 Å². The third kappa shape index (κ3) is 1.79. The molecule has 90 valence electrons. The number of hydrogen-bond donors (Lipinski definition) is 1. The van der Waals surface area contributed by atoms with E-state index in [1.54, 1.807) is 12.3 Å². The van der Waals surface area contributed by atoms with Gasteiger partial charge < -0.3 is 9.52 Å². The van der Waals surface area contributed by atoms with Crippen LogP contribution in [0.3, 0.4) is 0 Å². The lowest BCUT2D eigenvalue weighted by Crippen LogP contribution is -2.02. The van der Waals surface area contributed by atoms with Gasteiger partial charge in [-0.3, -0.25) is 0 Å². The summed E-state index contributed by atoms with van der Waals surface area (Å²) in [6.07, 6.45) is 2.34. The van der Waals surface area contributed by atoms with Gasteiger partial charge in [-0.15, -0.1) is 0 Å². The van der Waals surface area contributed by atoms with Crippen LogP contribution in [0.5, 0.6) is 0 Å². The molecular formula is C15H13NO2. The molecule has 0 aliphatic rings. The number of aliphatic hydroxyl groups excluding tert-OH is 1. The van der Waals surface area contributed by atoms with Crippen molar-refractivity contribution >= 4 is 10.9 Å². The SMILES string of the molecule is Cc1cc(C(O)c2ccoc2)nc2ccccc12. The van der Waals surface area contributed by atoms with Crippen LogP contribution < -0.4 is 0 Å². The highest BCUT2D eigenvalue weighted by molar-refractivity contribution is 5.82. The molecular weight excluding hydrogens is 226 g/mol. The molecule has 0 aliphatic heterocycles. The summed E-state index contributed by atoms with van der Waals surface area (Å²) in [6, 6.07) is 11.6. The molecule has 2 heterocycles. The summed E-state index contributed by atoms with van der Waals surface area (Å²) in [5.74, 6) is 0. The molecule has 3 nitrogen and oxygen atoms in total. The highest BCUT2D eigenvalue weighted by Gasteiger charge is 2.14. The molecule has 0 radical (unpaired) electrons. The summed E-state index contributed by atoms with van der Waals surface area (Å²) in [6.45, 7) is 2.02. The fourth-order valence-corrected chi connectivity index (χ4v) is 2.12. The van der Waals surface area contributed by atoms with Crippen molar-refractivity contribution in [3.05, 3.63) is 65.7 Å². The number of fused-ring (bicyclic) bond motifs is 1. The van der Waals surface area contributed by atoms with Crippen LogP contribution >= 0.6 is 0 Å². The lowest BCUT2D eigenvalue weighted by Gasteiger charge is -2.10. The summed E-state index contributed by atoms with van der Waals surface area (Å²) >= 11 is 0. The van der Waals surface area contributed by atoms with Gasteiger partial charge in [0.1, 0.15) is 6.10 Å². The van der Waals surface area contributed by atoms with Crippen molar-refractivity contribution in [3.63, 3.8) is 0 Å². The molecule has 1 unspecified atom stereocenters. The average molecular weight is 239 g/mol. The Bertz CT molecular complexity index is 674. The molecule has 3 heteroatoms. The number of aliphatic hydroxyl groups is 1. The first kappa shape index (κ1) is 11.0. The van der Waals surface area contributed by atoms with Gasteiger partial charge in [-0.2, -0.15) is 0 Å². The van der Waals surface area contributed by atoms with Crippen LogP contribution in [0.15, 0.2) is 53.3 Å². The standard InChI is InChI=1S/C15H13NO2/c1-10-8-14(15(17)11-6-7-18-9-11)16-13-5-3-2-4-12(10)13/h2-9,15,17H,1H3. The van der Waals surface area contributed by atoms with Gasteiger partial charge in [0.25, 0.3) is 0 Å². The van der Waals surface area contributed by atoms with Crippen LogP contribution in [0.25, 0.3) is 10.9 Å². The summed E-state index contributed by atoms with van der Waals surface area (Å²) in [7, 11) is 0. The molecule has 3 aromatic rings. The Morgan fingerprint density at radius 2 is 2.06 bits per heavy atom. The third-order valence-electron chi connectivity index (χ3n) is 3.08. The summed E-state index contributed by atoms with van der Waals surface area (Å²) < 4.78 is 4.99. The zero-order chi connectivity index (χ0) is 12.5. The first-order valence-corrected chi connectivity index (χ1v) is 5.82. The first-order valence-electron chi connectivity index (χ1n) is 5.82. The maximum Gasteiger partial charge on any atom is 0.124 e. The Morgan fingerprint density at radius 1 is 1.22 bits per heavy atom. The topological polar surface area (TPSA) is 46.3 Å². The van der Waals surface area contributed by atoms with Gasteiger partial charge in [0.05, 0.1) is 23.7 Å². The molecule has 3 rings (SSSR count). The number of aromatic nitrogens is 1. The summed E-state index contributed by atoms with van der Waals surface area (Å²) in [4.78, 5) is 4.50. The number of pyridine rings is 1. The molecule has 0 aliphatic carbocycles. The van der Waals surface area contributed by atoms with E-state index < -0.39 is 6.10 Å². The van der Waals surface area contributed by atoms with Crippen molar-refractivity contribution in [2.75, 3.05) is 0 Å². The van der Waals surface area contributed by atoms with E-state index in [1.807, 2.05) is 37.3 Å². The fourth-order valence-electron chi connectivity index (χ4n) is 2.12. The van der Waals surface area contributed by atoms with E-state index in [0.29, 0.717) is 5.69 Å². The van der Waals surface area contributed by atoms with Crippen LogP contribution in [0.2, 0.25) is 0 Å². The molecule has 18 heavy (non-hydrogen) atoms. The second-order valence-corrected chi connectivity index (χ2v) is 4.34. The van der Waals surface area contributed by atoms with Crippen LogP contribution in [0.1, 0.15) is 22.9 Å².